The molecule has 1 fully saturated rings. The number of alkyl halides is 3. The van der Waals surface area contributed by atoms with E-state index in [0.717, 1.165) is 29.8 Å². The quantitative estimate of drug-likeness (QED) is 0.345. The fourth-order valence-electron chi connectivity index (χ4n) is 4.44. The first kappa shape index (κ1) is 29.5. The van der Waals surface area contributed by atoms with Gasteiger partial charge in [0.1, 0.15) is 17.3 Å². The Morgan fingerprint density at radius 1 is 1.10 bits per heavy atom. The number of esters is 1. The topological polar surface area (TPSA) is 102 Å². The summed E-state index contributed by atoms with van der Waals surface area (Å²) >= 11 is 1.78. The number of nitrogens with zero attached hydrogens (tertiary/aromatic N) is 3. The van der Waals surface area contributed by atoms with Crippen LogP contribution in [0.15, 0.2) is 54.6 Å². The van der Waals surface area contributed by atoms with Gasteiger partial charge in [-0.2, -0.15) is 18.3 Å². The van der Waals surface area contributed by atoms with E-state index in [2.05, 4.69) is 21.6 Å². The maximum absolute atomic E-state index is 13.6. The Bertz CT molecular complexity index is 1370. The number of thioether (sulfide) groups is 1. The number of carbonyl (C=O) groups excluding carboxylic acids is 2. The zero-order valence-corrected chi connectivity index (χ0v) is 23.5. The van der Waals surface area contributed by atoms with Crippen molar-refractivity contribution in [2.24, 2.45) is 5.73 Å². The predicted molar refractivity (Wildman–Crippen MR) is 150 cm³/mol. The number of carbonyl (C=O) groups is 2. The fourth-order valence-corrected chi connectivity index (χ4v) is 5.32. The standard InChI is InChI=1S/C28H32F3N5O3S/c1-27(2,3)39-26(38)24(32)17-7-5-8-20(15-17)36-21(16-22(34-36)28(29,30)31)25(37)33-18-10-12-19(13-11-18)35-14-6-9-23(35)40-4/h5,7-8,10-13,15-16,23-24H,6,9,14,32H2,1-4H3,(H,33,37). The van der Waals surface area contributed by atoms with E-state index in [9.17, 15) is 22.8 Å². The highest BCUT2D eigenvalue weighted by Gasteiger charge is 2.36. The van der Waals surface area contributed by atoms with Crippen LogP contribution in [0.5, 0.6) is 0 Å². The van der Waals surface area contributed by atoms with Crippen LogP contribution in [-0.4, -0.2) is 45.4 Å². The maximum atomic E-state index is 13.6. The zero-order chi connectivity index (χ0) is 29.2. The largest absolute Gasteiger partial charge is 0.459 e. The molecule has 1 aromatic heterocycles. The Labute approximate surface area is 235 Å². The Kier molecular flexibility index (Phi) is 8.50. The number of nitrogens with one attached hydrogen (secondary N) is 1. The van der Waals surface area contributed by atoms with Crippen molar-refractivity contribution in [1.82, 2.24) is 9.78 Å². The first-order valence-electron chi connectivity index (χ1n) is 12.7. The van der Waals surface area contributed by atoms with E-state index in [1.165, 1.54) is 18.2 Å². The van der Waals surface area contributed by atoms with Crippen molar-refractivity contribution < 1.29 is 27.5 Å². The lowest BCUT2D eigenvalue weighted by Gasteiger charge is -2.25. The summed E-state index contributed by atoms with van der Waals surface area (Å²) < 4.78 is 47.1. The van der Waals surface area contributed by atoms with E-state index in [0.29, 0.717) is 22.7 Å². The van der Waals surface area contributed by atoms with Crippen molar-refractivity contribution in [2.75, 3.05) is 23.0 Å². The molecule has 2 atom stereocenters. The lowest BCUT2D eigenvalue weighted by molar-refractivity contribution is -0.156. The van der Waals surface area contributed by atoms with Crippen molar-refractivity contribution in [2.45, 2.75) is 56.8 Å². The van der Waals surface area contributed by atoms with Crippen LogP contribution >= 0.6 is 11.8 Å². The molecule has 2 aromatic carbocycles. The number of aromatic nitrogens is 2. The number of hydrogen-bond acceptors (Lipinski definition) is 7. The van der Waals surface area contributed by atoms with Crippen LogP contribution < -0.4 is 16.0 Å². The third-order valence-corrected chi connectivity index (χ3v) is 7.33. The minimum absolute atomic E-state index is 0.129. The van der Waals surface area contributed by atoms with Crippen LogP contribution in [0.2, 0.25) is 0 Å². The number of hydrogen-bond donors (Lipinski definition) is 2. The summed E-state index contributed by atoms with van der Waals surface area (Å²) in [4.78, 5) is 28.0. The summed E-state index contributed by atoms with van der Waals surface area (Å²) in [5, 5.41) is 6.72. The van der Waals surface area contributed by atoms with Crippen LogP contribution in [-0.2, 0) is 15.7 Å². The monoisotopic (exact) mass is 575 g/mol. The summed E-state index contributed by atoms with van der Waals surface area (Å²) in [6, 6.07) is 12.7. The average Bonchev–Trinajstić information content (AvgIpc) is 3.55. The van der Waals surface area contributed by atoms with E-state index < -0.39 is 35.4 Å². The third kappa shape index (κ3) is 6.79. The van der Waals surface area contributed by atoms with E-state index in [4.69, 9.17) is 10.5 Å². The van der Waals surface area contributed by atoms with E-state index >= 15 is 0 Å². The molecule has 1 saturated heterocycles. The number of nitrogens with two attached hydrogens (primary N) is 1. The van der Waals surface area contributed by atoms with Gasteiger partial charge in [-0.15, -0.1) is 11.8 Å². The zero-order valence-electron chi connectivity index (χ0n) is 22.7. The van der Waals surface area contributed by atoms with Gasteiger partial charge in [0.25, 0.3) is 5.91 Å². The molecule has 12 heteroatoms. The molecule has 1 aliphatic rings. The first-order chi connectivity index (χ1) is 18.8. The first-order valence-corrected chi connectivity index (χ1v) is 14.0. The number of amides is 1. The van der Waals surface area contributed by atoms with E-state index in [-0.39, 0.29) is 11.4 Å². The van der Waals surface area contributed by atoms with E-state index in [1.807, 2.05) is 12.1 Å². The number of ether oxygens (including phenoxy) is 1. The highest BCUT2D eigenvalue weighted by molar-refractivity contribution is 7.99. The molecule has 1 aliphatic heterocycles. The molecular weight excluding hydrogens is 543 g/mol. The van der Waals surface area contributed by atoms with Gasteiger partial charge in [0, 0.05) is 24.0 Å². The Balaban J connectivity index is 1.61. The molecule has 0 bridgehead atoms. The van der Waals surface area contributed by atoms with Gasteiger partial charge in [0.2, 0.25) is 0 Å². The van der Waals surface area contributed by atoms with Gasteiger partial charge in [-0.05, 0) is 81.8 Å². The lowest BCUT2D eigenvalue weighted by atomic mass is 10.1. The number of anilines is 2. The SMILES string of the molecule is CSC1CCCN1c1ccc(NC(=O)c2cc(C(F)(F)F)nn2-c2cccc(C(N)C(=O)OC(C)(C)C)c2)cc1. The summed E-state index contributed by atoms with van der Waals surface area (Å²) in [6.45, 7) is 6.03. The van der Waals surface area contributed by atoms with E-state index in [1.54, 1.807) is 50.7 Å². The molecule has 0 aliphatic carbocycles. The van der Waals surface area contributed by atoms with Gasteiger partial charge >= 0.3 is 12.1 Å². The van der Waals surface area contributed by atoms with Crippen molar-refractivity contribution in [3.05, 3.63) is 71.5 Å². The molecule has 40 heavy (non-hydrogen) atoms. The smallest absolute Gasteiger partial charge is 0.435 e. The Morgan fingerprint density at radius 2 is 1.80 bits per heavy atom. The summed E-state index contributed by atoms with van der Waals surface area (Å²) in [6.07, 6.45) is -0.526. The van der Waals surface area contributed by atoms with Gasteiger partial charge in [-0.3, -0.25) is 4.79 Å². The van der Waals surface area contributed by atoms with Gasteiger partial charge in [-0.25, -0.2) is 9.48 Å². The highest BCUT2D eigenvalue weighted by atomic mass is 32.2. The molecule has 8 nitrogen and oxygen atoms in total. The molecule has 1 amide bonds. The highest BCUT2D eigenvalue weighted by Crippen LogP contribution is 2.33. The molecule has 0 saturated carbocycles. The second kappa shape index (κ2) is 11.5. The molecular formula is C28H32F3N5O3S. The number of halogens is 3. The van der Waals surface area contributed by atoms with Crippen LogP contribution in [0, 0.1) is 0 Å². The Hall–Kier alpha value is -3.51. The second-order valence-corrected chi connectivity index (χ2v) is 11.5. The molecule has 0 spiro atoms. The van der Waals surface area contributed by atoms with Gasteiger partial charge in [0.05, 0.1) is 11.1 Å². The normalized spacial score (nSPS) is 16.6. The predicted octanol–water partition coefficient (Wildman–Crippen LogP) is 5.77. The average molecular weight is 576 g/mol. The fraction of sp³-hybridized carbons (Fsp3) is 0.393. The molecule has 214 valence electrons. The van der Waals surface area contributed by atoms with Crippen molar-refractivity contribution in [3.8, 4) is 5.69 Å². The Morgan fingerprint density at radius 3 is 2.42 bits per heavy atom. The molecule has 0 radical (unpaired) electrons. The van der Waals surface area contributed by atoms with Crippen LogP contribution in [0.1, 0.15) is 61.4 Å². The number of benzene rings is 2. The molecule has 2 unspecified atom stereocenters. The molecule has 2 heterocycles. The summed E-state index contributed by atoms with van der Waals surface area (Å²) in [7, 11) is 0. The molecule has 3 aromatic rings. The minimum atomic E-state index is -4.78. The third-order valence-electron chi connectivity index (χ3n) is 6.29. The van der Waals surface area contributed by atoms with Crippen molar-refractivity contribution in [3.63, 3.8) is 0 Å². The van der Waals surface area contributed by atoms with Gasteiger partial charge in [-0.1, -0.05) is 12.1 Å². The van der Waals surface area contributed by atoms with Crippen molar-refractivity contribution >= 4 is 35.0 Å². The van der Waals surface area contributed by atoms with Gasteiger partial charge in [0.15, 0.2) is 5.69 Å². The molecule has 4 rings (SSSR count). The lowest BCUT2D eigenvalue weighted by Crippen LogP contribution is -2.31. The van der Waals surface area contributed by atoms with Crippen LogP contribution in [0.4, 0.5) is 24.5 Å². The summed E-state index contributed by atoms with van der Waals surface area (Å²) in [5.74, 6) is -1.47. The second-order valence-electron chi connectivity index (χ2n) is 10.5. The maximum Gasteiger partial charge on any atom is 0.435 e. The van der Waals surface area contributed by atoms with Gasteiger partial charge < -0.3 is 20.7 Å². The van der Waals surface area contributed by atoms with Crippen LogP contribution in [0.3, 0.4) is 0 Å². The van der Waals surface area contributed by atoms with Crippen molar-refractivity contribution in [1.29, 1.82) is 0 Å². The molecule has 3 N–H and O–H groups in total. The number of rotatable bonds is 7. The summed E-state index contributed by atoms with van der Waals surface area (Å²) in [5.41, 5.74) is 5.60. The minimum Gasteiger partial charge on any atom is -0.459 e. The van der Waals surface area contributed by atoms with Crippen LogP contribution in [0.25, 0.3) is 5.69 Å².